The number of para-hydroxylation sites is 1. The van der Waals surface area contributed by atoms with Crippen molar-refractivity contribution in [1.82, 2.24) is 0 Å². The van der Waals surface area contributed by atoms with Crippen molar-refractivity contribution in [3.63, 3.8) is 0 Å². The molecule has 2 aromatic rings. The van der Waals surface area contributed by atoms with Gasteiger partial charge >= 0.3 is 0 Å². The fourth-order valence-corrected chi connectivity index (χ4v) is 3.52. The normalized spacial score (nSPS) is 23.2. The number of phenolic OH excluding ortho intramolecular Hbond substituents is 2. The maximum absolute atomic E-state index is 10.3. The van der Waals surface area contributed by atoms with Crippen molar-refractivity contribution >= 4 is 0 Å². The van der Waals surface area contributed by atoms with E-state index in [0.717, 1.165) is 23.3 Å². The van der Waals surface area contributed by atoms with E-state index in [9.17, 15) is 10.2 Å². The molecule has 0 bridgehead atoms. The van der Waals surface area contributed by atoms with Crippen LogP contribution in [0.4, 0.5) is 0 Å². The molecule has 0 saturated carbocycles. The van der Waals surface area contributed by atoms with Gasteiger partial charge in [-0.1, -0.05) is 31.2 Å². The lowest BCUT2D eigenvalue weighted by atomic mass is 9.67. The van der Waals surface area contributed by atoms with Gasteiger partial charge in [0.15, 0.2) is 0 Å². The minimum atomic E-state index is -0.365. The second kappa shape index (κ2) is 4.42. The molecule has 1 aliphatic heterocycles. The molecule has 2 N–H and O–H groups in total. The predicted molar refractivity (Wildman–Crippen MR) is 82.0 cm³/mol. The van der Waals surface area contributed by atoms with Crippen molar-refractivity contribution < 1.29 is 14.9 Å². The van der Waals surface area contributed by atoms with E-state index in [4.69, 9.17) is 4.74 Å². The van der Waals surface area contributed by atoms with Crippen molar-refractivity contribution in [3.8, 4) is 17.2 Å². The molecule has 3 nitrogen and oxygen atoms in total. The van der Waals surface area contributed by atoms with Crippen LogP contribution < -0.4 is 4.74 Å². The molecule has 0 saturated heterocycles. The first-order valence-electron chi connectivity index (χ1n) is 7.13. The maximum Gasteiger partial charge on any atom is 0.124 e. The van der Waals surface area contributed by atoms with E-state index < -0.39 is 0 Å². The largest absolute Gasteiger partial charge is 0.508 e. The number of benzene rings is 2. The van der Waals surface area contributed by atoms with E-state index in [1.165, 1.54) is 6.07 Å². The molecule has 0 aromatic heterocycles. The first-order chi connectivity index (χ1) is 9.82. The van der Waals surface area contributed by atoms with Gasteiger partial charge in [0.25, 0.3) is 0 Å². The van der Waals surface area contributed by atoms with Crippen LogP contribution in [0.5, 0.6) is 17.2 Å². The highest BCUT2D eigenvalue weighted by atomic mass is 16.5. The summed E-state index contributed by atoms with van der Waals surface area (Å²) >= 11 is 0. The minimum Gasteiger partial charge on any atom is -0.508 e. The average molecular weight is 284 g/mol. The van der Waals surface area contributed by atoms with Gasteiger partial charge in [-0.05, 0) is 26.0 Å². The SMILES string of the molecule is CC1(C)CC(C)(c2ccc(O)cc2O)c2ccccc2O1. The summed E-state index contributed by atoms with van der Waals surface area (Å²) in [6.07, 6.45) is 0.745. The molecule has 1 heterocycles. The van der Waals surface area contributed by atoms with E-state index in [2.05, 4.69) is 20.8 Å². The number of rotatable bonds is 1. The Hall–Kier alpha value is -2.16. The van der Waals surface area contributed by atoms with Gasteiger partial charge in [0.2, 0.25) is 0 Å². The zero-order chi connectivity index (χ0) is 15.3. The van der Waals surface area contributed by atoms with Crippen molar-refractivity contribution in [3.05, 3.63) is 53.6 Å². The molecule has 2 aromatic carbocycles. The Balaban J connectivity index is 2.23. The highest BCUT2D eigenvalue weighted by molar-refractivity contribution is 5.54. The Kier molecular flexibility index (Phi) is 2.90. The third kappa shape index (κ3) is 2.23. The Morgan fingerprint density at radius 2 is 1.67 bits per heavy atom. The summed E-state index contributed by atoms with van der Waals surface area (Å²) in [5.41, 5.74) is 1.18. The molecule has 21 heavy (non-hydrogen) atoms. The summed E-state index contributed by atoms with van der Waals surface area (Å²) in [4.78, 5) is 0. The molecular weight excluding hydrogens is 264 g/mol. The molecule has 110 valence electrons. The summed E-state index contributed by atoms with van der Waals surface area (Å²) in [6, 6.07) is 12.7. The molecule has 0 aliphatic carbocycles. The standard InChI is InChI=1S/C18H20O3/c1-17(2)11-18(3,13-9-8-12(19)10-15(13)20)14-6-4-5-7-16(14)21-17/h4-10,19-20H,11H2,1-3H3. The fraction of sp³-hybridized carbons (Fsp3) is 0.333. The second-order valence-corrected chi connectivity index (χ2v) is 6.57. The van der Waals surface area contributed by atoms with E-state index in [-0.39, 0.29) is 22.5 Å². The third-order valence-electron chi connectivity index (χ3n) is 4.22. The quantitative estimate of drug-likeness (QED) is 0.833. The predicted octanol–water partition coefficient (Wildman–Crippen LogP) is 3.96. The molecular formula is C18H20O3. The topological polar surface area (TPSA) is 49.7 Å². The van der Waals surface area contributed by atoms with Gasteiger partial charge in [0, 0.05) is 29.0 Å². The Bertz CT molecular complexity index is 691. The lowest BCUT2D eigenvalue weighted by Crippen LogP contribution is -2.43. The minimum absolute atomic E-state index is 0.0689. The first-order valence-corrected chi connectivity index (χ1v) is 7.13. The van der Waals surface area contributed by atoms with Gasteiger partial charge in [-0.15, -0.1) is 0 Å². The van der Waals surface area contributed by atoms with Crippen molar-refractivity contribution in [2.24, 2.45) is 0 Å². The van der Waals surface area contributed by atoms with Gasteiger partial charge in [-0.2, -0.15) is 0 Å². The van der Waals surface area contributed by atoms with Gasteiger partial charge in [-0.25, -0.2) is 0 Å². The van der Waals surface area contributed by atoms with E-state index in [1.54, 1.807) is 12.1 Å². The average Bonchev–Trinajstić information content (AvgIpc) is 2.36. The Labute approximate surface area is 124 Å². The lowest BCUT2D eigenvalue weighted by Gasteiger charge is -2.44. The zero-order valence-corrected chi connectivity index (χ0v) is 12.6. The number of hydrogen-bond donors (Lipinski definition) is 2. The summed E-state index contributed by atoms with van der Waals surface area (Å²) < 4.78 is 6.07. The van der Waals surface area contributed by atoms with Crippen molar-refractivity contribution in [2.75, 3.05) is 0 Å². The van der Waals surface area contributed by atoms with Crippen LogP contribution in [0.15, 0.2) is 42.5 Å². The molecule has 0 radical (unpaired) electrons. The fourth-order valence-electron chi connectivity index (χ4n) is 3.52. The molecule has 3 heteroatoms. The lowest BCUT2D eigenvalue weighted by molar-refractivity contribution is 0.0578. The first kappa shape index (κ1) is 13.8. The molecule has 0 fully saturated rings. The van der Waals surface area contributed by atoms with E-state index >= 15 is 0 Å². The number of fused-ring (bicyclic) bond motifs is 1. The van der Waals surface area contributed by atoms with Crippen LogP contribution in [-0.4, -0.2) is 15.8 Å². The monoisotopic (exact) mass is 284 g/mol. The molecule has 1 aliphatic rings. The van der Waals surface area contributed by atoms with Gasteiger partial charge in [0.1, 0.15) is 22.8 Å². The van der Waals surface area contributed by atoms with Crippen LogP contribution >= 0.6 is 0 Å². The highest BCUT2D eigenvalue weighted by Crippen LogP contribution is 2.50. The third-order valence-corrected chi connectivity index (χ3v) is 4.22. The number of ether oxygens (including phenoxy) is 1. The molecule has 3 rings (SSSR count). The number of aromatic hydroxyl groups is 2. The van der Waals surface area contributed by atoms with Crippen LogP contribution in [0.2, 0.25) is 0 Å². The zero-order valence-electron chi connectivity index (χ0n) is 12.6. The summed E-state index contributed by atoms with van der Waals surface area (Å²) in [5, 5.41) is 19.8. The van der Waals surface area contributed by atoms with Crippen LogP contribution in [-0.2, 0) is 5.41 Å². The Morgan fingerprint density at radius 1 is 0.952 bits per heavy atom. The molecule has 0 spiro atoms. The van der Waals surface area contributed by atoms with Crippen LogP contribution in [0.1, 0.15) is 38.3 Å². The van der Waals surface area contributed by atoms with Crippen LogP contribution in [0.3, 0.4) is 0 Å². The van der Waals surface area contributed by atoms with E-state index in [0.29, 0.717) is 0 Å². The van der Waals surface area contributed by atoms with Crippen molar-refractivity contribution in [1.29, 1.82) is 0 Å². The van der Waals surface area contributed by atoms with Gasteiger partial charge in [-0.3, -0.25) is 0 Å². The molecule has 0 amide bonds. The molecule has 1 atom stereocenters. The smallest absolute Gasteiger partial charge is 0.124 e. The van der Waals surface area contributed by atoms with Gasteiger partial charge in [0.05, 0.1) is 0 Å². The van der Waals surface area contributed by atoms with E-state index in [1.807, 2.05) is 24.3 Å². The number of hydrogen-bond acceptors (Lipinski definition) is 3. The summed E-state index contributed by atoms with van der Waals surface area (Å²) in [6.45, 7) is 6.22. The highest BCUT2D eigenvalue weighted by Gasteiger charge is 2.44. The maximum atomic E-state index is 10.3. The van der Waals surface area contributed by atoms with Crippen molar-refractivity contribution in [2.45, 2.75) is 38.2 Å². The summed E-state index contributed by atoms with van der Waals surface area (Å²) in [5.74, 6) is 1.04. The number of phenols is 2. The Morgan fingerprint density at radius 3 is 2.38 bits per heavy atom. The van der Waals surface area contributed by atoms with Crippen LogP contribution in [0, 0.1) is 0 Å². The molecule has 1 unspecified atom stereocenters. The summed E-state index contributed by atoms with van der Waals surface area (Å²) in [7, 11) is 0. The second-order valence-electron chi connectivity index (χ2n) is 6.57. The van der Waals surface area contributed by atoms with Crippen LogP contribution in [0.25, 0.3) is 0 Å². The van der Waals surface area contributed by atoms with Gasteiger partial charge < -0.3 is 14.9 Å².